The van der Waals surface area contributed by atoms with Gasteiger partial charge in [0.2, 0.25) is 0 Å². The number of aliphatic carboxylic acids is 2. The summed E-state index contributed by atoms with van der Waals surface area (Å²) in [6, 6.07) is -0.700. The van der Waals surface area contributed by atoms with Crippen LogP contribution < -0.4 is 15.5 Å². The van der Waals surface area contributed by atoms with Gasteiger partial charge in [0.1, 0.15) is 6.04 Å². The van der Waals surface area contributed by atoms with E-state index in [-0.39, 0.29) is 13.0 Å². The molecule has 5 nitrogen and oxygen atoms in total. The van der Waals surface area contributed by atoms with E-state index in [1.165, 1.54) is 12.2 Å². The molecule has 11 heavy (non-hydrogen) atoms. The van der Waals surface area contributed by atoms with E-state index in [4.69, 9.17) is 0 Å². The zero-order valence-corrected chi connectivity index (χ0v) is 6.20. The third kappa shape index (κ3) is 5.35. The lowest BCUT2D eigenvalue weighted by molar-refractivity contribution is -0.679. The van der Waals surface area contributed by atoms with Crippen molar-refractivity contribution in [1.29, 1.82) is 0 Å². The van der Waals surface area contributed by atoms with Crippen LogP contribution in [0.5, 0.6) is 0 Å². The molecule has 0 aliphatic carbocycles. The molecule has 0 aliphatic heterocycles. The van der Waals surface area contributed by atoms with Gasteiger partial charge in [-0.05, 0) is 6.92 Å². The van der Waals surface area contributed by atoms with Gasteiger partial charge in [0.05, 0.1) is 12.5 Å². The average Bonchev–Trinajstić information content (AvgIpc) is 1.86. The minimum absolute atomic E-state index is 0.141. The topological polar surface area (TPSA) is 96.9 Å². The van der Waals surface area contributed by atoms with E-state index < -0.39 is 18.0 Å². The Bertz CT molecular complexity index is 157. The van der Waals surface area contributed by atoms with E-state index in [0.29, 0.717) is 0 Å². The molecule has 64 valence electrons. The SMILES string of the molecule is C[C@@H]([NH2+]CCC(=O)[O-])C(=O)[O-]. The van der Waals surface area contributed by atoms with Crippen LogP contribution in [0.4, 0.5) is 0 Å². The summed E-state index contributed by atoms with van der Waals surface area (Å²) >= 11 is 0. The molecule has 0 aromatic rings. The Labute approximate surface area is 64.0 Å². The van der Waals surface area contributed by atoms with Crippen molar-refractivity contribution in [2.75, 3.05) is 6.54 Å². The van der Waals surface area contributed by atoms with E-state index in [9.17, 15) is 19.8 Å². The Balaban J connectivity index is 3.39. The molecule has 0 aromatic carbocycles. The van der Waals surface area contributed by atoms with Crippen molar-refractivity contribution in [2.24, 2.45) is 0 Å². The largest absolute Gasteiger partial charge is 0.550 e. The minimum Gasteiger partial charge on any atom is -0.550 e. The molecule has 0 rings (SSSR count). The van der Waals surface area contributed by atoms with Gasteiger partial charge in [0.25, 0.3) is 0 Å². The zero-order valence-electron chi connectivity index (χ0n) is 6.20. The van der Waals surface area contributed by atoms with Crippen molar-refractivity contribution in [1.82, 2.24) is 0 Å². The van der Waals surface area contributed by atoms with Gasteiger partial charge >= 0.3 is 0 Å². The molecule has 0 unspecified atom stereocenters. The maximum absolute atomic E-state index is 10.1. The number of hydrogen-bond donors (Lipinski definition) is 1. The predicted octanol–water partition coefficient (Wildman–Crippen LogP) is -4.17. The number of carboxylic acid groups (broad SMARTS) is 2. The molecule has 0 spiro atoms. The summed E-state index contributed by atoms with van der Waals surface area (Å²) in [5.74, 6) is -2.37. The standard InChI is InChI=1S/C6H11NO4/c1-4(6(10)11)7-3-2-5(8)9/h4,7H,2-3H2,1H3,(H,8,9)(H,10,11)/p-1/t4-/m1/s1. The molecule has 5 heteroatoms. The summed E-state index contributed by atoms with van der Waals surface area (Å²) in [6.07, 6.45) is -0.141. The van der Waals surface area contributed by atoms with Gasteiger partial charge in [-0.1, -0.05) is 0 Å². The second-order valence-electron chi connectivity index (χ2n) is 2.25. The number of carbonyl (C=O) groups is 2. The summed E-state index contributed by atoms with van der Waals surface area (Å²) in [4.78, 5) is 19.9. The van der Waals surface area contributed by atoms with Gasteiger partial charge < -0.3 is 25.1 Å². The van der Waals surface area contributed by atoms with Crippen molar-refractivity contribution in [2.45, 2.75) is 19.4 Å². The molecule has 0 bridgehead atoms. The van der Waals surface area contributed by atoms with E-state index in [0.717, 1.165) is 0 Å². The van der Waals surface area contributed by atoms with Crippen LogP contribution in [0.1, 0.15) is 13.3 Å². The van der Waals surface area contributed by atoms with Crippen LogP contribution in [0.25, 0.3) is 0 Å². The van der Waals surface area contributed by atoms with Gasteiger partial charge in [-0.2, -0.15) is 0 Å². The van der Waals surface area contributed by atoms with Gasteiger partial charge in [-0.25, -0.2) is 0 Å². The normalized spacial score (nSPS) is 12.5. The van der Waals surface area contributed by atoms with Crippen molar-refractivity contribution >= 4 is 11.9 Å². The molecule has 0 saturated carbocycles. The van der Waals surface area contributed by atoms with Crippen molar-refractivity contribution in [3.8, 4) is 0 Å². The highest BCUT2D eigenvalue weighted by atomic mass is 16.4. The fourth-order valence-corrected chi connectivity index (χ4v) is 0.547. The van der Waals surface area contributed by atoms with Crippen LogP contribution in [0.15, 0.2) is 0 Å². The molecule has 0 radical (unpaired) electrons. The Hall–Kier alpha value is -1.10. The molecule has 0 saturated heterocycles. The number of hydrogen-bond acceptors (Lipinski definition) is 4. The Kier molecular flexibility index (Phi) is 4.21. The van der Waals surface area contributed by atoms with E-state index >= 15 is 0 Å². The van der Waals surface area contributed by atoms with Crippen LogP contribution >= 0.6 is 0 Å². The maximum atomic E-state index is 10.1. The Morgan fingerprint density at radius 1 is 1.45 bits per heavy atom. The van der Waals surface area contributed by atoms with Crippen molar-refractivity contribution < 1.29 is 25.1 Å². The maximum Gasteiger partial charge on any atom is 0.123 e. The summed E-state index contributed by atoms with van der Waals surface area (Å²) in [7, 11) is 0. The third-order valence-electron chi connectivity index (χ3n) is 1.24. The fraction of sp³-hybridized carbons (Fsp3) is 0.667. The quantitative estimate of drug-likeness (QED) is 0.441. The summed E-state index contributed by atoms with van der Waals surface area (Å²) in [5, 5.41) is 21.3. The van der Waals surface area contributed by atoms with Gasteiger partial charge in [0.15, 0.2) is 0 Å². The molecule has 0 heterocycles. The monoisotopic (exact) mass is 160 g/mol. The number of rotatable bonds is 5. The predicted molar refractivity (Wildman–Crippen MR) is 30.9 cm³/mol. The number of nitrogens with two attached hydrogens (primary N) is 1. The Morgan fingerprint density at radius 2 is 2.00 bits per heavy atom. The van der Waals surface area contributed by atoms with Crippen LogP contribution in [-0.2, 0) is 9.59 Å². The van der Waals surface area contributed by atoms with Crippen LogP contribution in [0, 0.1) is 0 Å². The van der Waals surface area contributed by atoms with E-state index in [1.54, 1.807) is 0 Å². The molecular weight excluding hydrogens is 150 g/mol. The van der Waals surface area contributed by atoms with Crippen molar-refractivity contribution in [3.63, 3.8) is 0 Å². The minimum atomic E-state index is -1.19. The highest BCUT2D eigenvalue weighted by molar-refractivity contribution is 5.68. The highest BCUT2D eigenvalue weighted by Crippen LogP contribution is 1.69. The Morgan fingerprint density at radius 3 is 2.36 bits per heavy atom. The lowest BCUT2D eigenvalue weighted by Gasteiger charge is -2.10. The second kappa shape index (κ2) is 4.68. The lowest BCUT2D eigenvalue weighted by atomic mass is 10.3. The lowest BCUT2D eigenvalue weighted by Crippen LogP contribution is -2.92. The van der Waals surface area contributed by atoms with E-state index in [2.05, 4.69) is 0 Å². The first-order valence-electron chi connectivity index (χ1n) is 3.28. The van der Waals surface area contributed by atoms with Gasteiger partial charge in [-0.3, -0.25) is 0 Å². The van der Waals surface area contributed by atoms with E-state index in [1.807, 2.05) is 0 Å². The van der Waals surface area contributed by atoms with Crippen molar-refractivity contribution in [3.05, 3.63) is 0 Å². The molecule has 0 amide bonds. The summed E-state index contributed by atoms with van der Waals surface area (Å²) in [6.45, 7) is 1.64. The van der Waals surface area contributed by atoms with Crippen LogP contribution in [-0.4, -0.2) is 24.5 Å². The number of quaternary nitrogens is 1. The van der Waals surface area contributed by atoms with Gasteiger partial charge in [-0.15, -0.1) is 0 Å². The highest BCUT2D eigenvalue weighted by Gasteiger charge is 2.03. The fourth-order valence-electron chi connectivity index (χ4n) is 0.547. The van der Waals surface area contributed by atoms with Crippen LogP contribution in [0.3, 0.4) is 0 Å². The molecule has 2 N–H and O–H groups in total. The zero-order chi connectivity index (χ0) is 8.85. The molecular formula is C6H10NO4-. The van der Waals surface area contributed by atoms with Gasteiger partial charge in [0, 0.05) is 12.4 Å². The molecule has 0 aromatic heterocycles. The smallest absolute Gasteiger partial charge is 0.123 e. The molecule has 0 fully saturated rings. The first kappa shape index (κ1) is 9.90. The summed E-state index contributed by atoms with van der Waals surface area (Å²) < 4.78 is 0. The number of carboxylic acids is 2. The first-order chi connectivity index (χ1) is 5.04. The second-order valence-corrected chi connectivity index (χ2v) is 2.25. The summed E-state index contributed by atoms with van der Waals surface area (Å²) in [5.41, 5.74) is 0. The average molecular weight is 160 g/mol. The van der Waals surface area contributed by atoms with Crippen LogP contribution in [0.2, 0.25) is 0 Å². The number of carbonyl (C=O) groups excluding carboxylic acids is 2. The molecule has 0 aliphatic rings. The third-order valence-corrected chi connectivity index (χ3v) is 1.24. The first-order valence-corrected chi connectivity index (χ1v) is 3.28. The molecule has 1 atom stereocenters.